The molecule has 0 aliphatic carbocycles. The van der Waals surface area contributed by atoms with Gasteiger partial charge in [-0.1, -0.05) is 121 Å². The third-order valence-corrected chi connectivity index (χ3v) is 8.99. The Hall–Kier alpha value is -5.86. The van der Waals surface area contributed by atoms with E-state index in [2.05, 4.69) is 168 Å². The van der Waals surface area contributed by atoms with Crippen molar-refractivity contribution in [3.8, 4) is 27.9 Å². The standard InChI is InChI=1S/C43H29NO/c1-2-12-31(13-3-1)32-14-8-10-29(25-32)24-30-11-9-15-33(26-30)34-20-22-42-38(27-34)39-28-35(21-23-43(39)45-42)44-40-18-6-4-16-36(40)37-17-5-7-19-41(37)44/h1-23,25-28H,24H2. The van der Waals surface area contributed by atoms with Crippen molar-refractivity contribution in [3.05, 3.63) is 175 Å². The molecule has 2 nitrogen and oxygen atoms in total. The molecule has 9 rings (SSSR count). The molecular weight excluding hydrogens is 546 g/mol. The molecule has 0 unspecified atom stereocenters. The second-order valence-electron chi connectivity index (χ2n) is 11.8. The van der Waals surface area contributed by atoms with Crippen LogP contribution in [0.25, 0.3) is 71.7 Å². The summed E-state index contributed by atoms with van der Waals surface area (Å²) in [5, 5.41) is 4.78. The van der Waals surface area contributed by atoms with Crippen LogP contribution in [-0.2, 0) is 6.42 Å². The fraction of sp³-hybridized carbons (Fsp3) is 0.0233. The number of furan rings is 1. The molecule has 0 saturated carbocycles. The van der Waals surface area contributed by atoms with E-state index in [1.165, 1.54) is 55.2 Å². The summed E-state index contributed by atoms with van der Waals surface area (Å²) in [4.78, 5) is 0. The van der Waals surface area contributed by atoms with E-state index in [1.54, 1.807) is 0 Å². The molecule has 0 bridgehead atoms. The Morgan fingerprint density at radius 1 is 0.378 bits per heavy atom. The van der Waals surface area contributed by atoms with Gasteiger partial charge in [-0.05, 0) is 82.3 Å². The first-order chi connectivity index (χ1) is 22.3. The maximum atomic E-state index is 6.33. The summed E-state index contributed by atoms with van der Waals surface area (Å²) in [5.41, 5.74) is 12.8. The quantitative estimate of drug-likeness (QED) is 0.200. The van der Waals surface area contributed by atoms with Gasteiger partial charge in [0.2, 0.25) is 0 Å². The van der Waals surface area contributed by atoms with Crippen molar-refractivity contribution in [2.75, 3.05) is 0 Å². The van der Waals surface area contributed by atoms with Crippen molar-refractivity contribution in [1.29, 1.82) is 0 Å². The summed E-state index contributed by atoms with van der Waals surface area (Å²) < 4.78 is 8.70. The van der Waals surface area contributed by atoms with Gasteiger partial charge >= 0.3 is 0 Å². The summed E-state index contributed by atoms with van der Waals surface area (Å²) in [7, 11) is 0. The van der Waals surface area contributed by atoms with Crippen LogP contribution in [-0.4, -0.2) is 4.57 Å². The largest absolute Gasteiger partial charge is 0.456 e. The van der Waals surface area contributed by atoms with Crippen LogP contribution >= 0.6 is 0 Å². The monoisotopic (exact) mass is 575 g/mol. The van der Waals surface area contributed by atoms with Crippen LogP contribution in [0.1, 0.15) is 11.1 Å². The van der Waals surface area contributed by atoms with Crippen molar-refractivity contribution in [2.45, 2.75) is 6.42 Å². The number of hydrogen-bond acceptors (Lipinski definition) is 1. The number of rotatable bonds is 5. The highest BCUT2D eigenvalue weighted by molar-refractivity contribution is 6.11. The fourth-order valence-corrected chi connectivity index (χ4v) is 6.87. The van der Waals surface area contributed by atoms with E-state index in [-0.39, 0.29) is 0 Å². The number of fused-ring (bicyclic) bond motifs is 6. The van der Waals surface area contributed by atoms with Gasteiger partial charge in [-0.15, -0.1) is 0 Å². The highest BCUT2D eigenvalue weighted by atomic mass is 16.3. The Kier molecular flexibility index (Phi) is 5.92. The van der Waals surface area contributed by atoms with Crippen LogP contribution in [0, 0.1) is 0 Å². The molecule has 45 heavy (non-hydrogen) atoms. The van der Waals surface area contributed by atoms with Crippen molar-refractivity contribution in [2.24, 2.45) is 0 Å². The van der Waals surface area contributed by atoms with E-state index in [0.717, 1.165) is 34.0 Å². The summed E-state index contributed by atoms with van der Waals surface area (Å²) in [5.74, 6) is 0. The summed E-state index contributed by atoms with van der Waals surface area (Å²) in [6.45, 7) is 0. The lowest BCUT2D eigenvalue weighted by molar-refractivity contribution is 0.669. The van der Waals surface area contributed by atoms with Crippen LogP contribution in [0.15, 0.2) is 168 Å². The highest BCUT2D eigenvalue weighted by Crippen LogP contribution is 2.37. The molecule has 0 N–H and O–H groups in total. The lowest BCUT2D eigenvalue weighted by Crippen LogP contribution is -1.93. The van der Waals surface area contributed by atoms with E-state index in [0.29, 0.717) is 0 Å². The van der Waals surface area contributed by atoms with Gasteiger partial charge in [0.05, 0.1) is 11.0 Å². The summed E-state index contributed by atoms with van der Waals surface area (Å²) in [6, 6.07) is 58.8. The Bertz CT molecular complexity index is 2460. The van der Waals surface area contributed by atoms with Crippen molar-refractivity contribution in [3.63, 3.8) is 0 Å². The van der Waals surface area contributed by atoms with Crippen LogP contribution in [0.2, 0.25) is 0 Å². The number of hydrogen-bond donors (Lipinski definition) is 0. The first-order valence-corrected chi connectivity index (χ1v) is 15.5. The third kappa shape index (κ3) is 4.42. The van der Waals surface area contributed by atoms with Crippen LogP contribution in [0.3, 0.4) is 0 Å². The molecule has 2 heterocycles. The maximum Gasteiger partial charge on any atom is 0.135 e. The molecule has 2 aromatic heterocycles. The predicted molar refractivity (Wildman–Crippen MR) is 188 cm³/mol. The van der Waals surface area contributed by atoms with Crippen LogP contribution in [0.5, 0.6) is 0 Å². The van der Waals surface area contributed by atoms with Crippen molar-refractivity contribution >= 4 is 43.7 Å². The molecular formula is C43H29NO. The lowest BCUT2D eigenvalue weighted by Gasteiger charge is -2.09. The summed E-state index contributed by atoms with van der Waals surface area (Å²) >= 11 is 0. The minimum atomic E-state index is 0.882. The molecule has 2 heteroatoms. The van der Waals surface area contributed by atoms with Gasteiger partial charge in [-0.2, -0.15) is 0 Å². The van der Waals surface area contributed by atoms with Gasteiger partial charge in [0.1, 0.15) is 11.2 Å². The molecule has 0 aliphatic heterocycles. The van der Waals surface area contributed by atoms with Gasteiger partial charge < -0.3 is 8.98 Å². The molecule has 0 radical (unpaired) electrons. The van der Waals surface area contributed by atoms with Crippen molar-refractivity contribution < 1.29 is 4.42 Å². The Morgan fingerprint density at radius 3 is 1.60 bits per heavy atom. The Morgan fingerprint density at radius 2 is 0.911 bits per heavy atom. The van der Waals surface area contributed by atoms with Crippen LogP contribution < -0.4 is 0 Å². The molecule has 0 amide bonds. The topological polar surface area (TPSA) is 18.1 Å². The first-order valence-electron chi connectivity index (χ1n) is 15.5. The molecule has 0 fully saturated rings. The Labute approximate surface area is 261 Å². The minimum absolute atomic E-state index is 0.882. The van der Waals surface area contributed by atoms with E-state index in [4.69, 9.17) is 4.42 Å². The van der Waals surface area contributed by atoms with Gasteiger partial charge in [0.25, 0.3) is 0 Å². The minimum Gasteiger partial charge on any atom is -0.456 e. The fourth-order valence-electron chi connectivity index (χ4n) is 6.87. The molecule has 0 atom stereocenters. The average Bonchev–Trinajstić information content (AvgIpc) is 3.64. The second kappa shape index (κ2) is 10.4. The van der Waals surface area contributed by atoms with E-state index >= 15 is 0 Å². The highest BCUT2D eigenvalue weighted by Gasteiger charge is 2.15. The molecule has 0 spiro atoms. The molecule has 212 valence electrons. The molecule has 7 aromatic carbocycles. The third-order valence-electron chi connectivity index (χ3n) is 8.99. The van der Waals surface area contributed by atoms with Crippen molar-refractivity contribution in [1.82, 2.24) is 4.57 Å². The Balaban J connectivity index is 1.10. The van der Waals surface area contributed by atoms with Gasteiger partial charge in [-0.3, -0.25) is 0 Å². The second-order valence-corrected chi connectivity index (χ2v) is 11.8. The molecule has 0 saturated heterocycles. The maximum absolute atomic E-state index is 6.33. The smallest absolute Gasteiger partial charge is 0.135 e. The number of aromatic nitrogens is 1. The van der Waals surface area contributed by atoms with E-state index < -0.39 is 0 Å². The van der Waals surface area contributed by atoms with E-state index in [1.807, 2.05) is 0 Å². The normalized spacial score (nSPS) is 11.6. The zero-order chi connectivity index (χ0) is 29.7. The molecule has 9 aromatic rings. The SMILES string of the molecule is c1ccc(-c2cccc(Cc3cccc(-c4ccc5oc6ccc(-n7c8ccccc8c8ccccc87)cc6c5c4)c3)c2)cc1. The number of nitrogens with zero attached hydrogens (tertiary/aromatic N) is 1. The first kappa shape index (κ1) is 25.6. The van der Waals surface area contributed by atoms with Gasteiger partial charge in [0, 0.05) is 27.2 Å². The zero-order valence-electron chi connectivity index (χ0n) is 24.7. The molecule has 0 aliphatic rings. The average molecular weight is 576 g/mol. The van der Waals surface area contributed by atoms with Crippen LogP contribution in [0.4, 0.5) is 0 Å². The summed E-state index contributed by atoms with van der Waals surface area (Å²) in [6.07, 6.45) is 0.882. The number of benzene rings is 7. The zero-order valence-corrected chi connectivity index (χ0v) is 24.7. The number of para-hydroxylation sites is 2. The van der Waals surface area contributed by atoms with E-state index in [9.17, 15) is 0 Å². The predicted octanol–water partition coefficient (Wildman–Crippen LogP) is 11.6. The van der Waals surface area contributed by atoms with Gasteiger partial charge in [-0.25, -0.2) is 0 Å². The van der Waals surface area contributed by atoms with Gasteiger partial charge in [0.15, 0.2) is 0 Å². The lowest BCUT2D eigenvalue weighted by atomic mass is 9.96.